The van der Waals surface area contributed by atoms with E-state index in [1.54, 1.807) is 18.3 Å². The summed E-state index contributed by atoms with van der Waals surface area (Å²) in [5, 5.41) is 4.90. The van der Waals surface area contributed by atoms with Gasteiger partial charge >= 0.3 is 5.97 Å². The van der Waals surface area contributed by atoms with Crippen LogP contribution in [-0.4, -0.2) is 31.4 Å². The summed E-state index contributed by atoms with van der Waals surface area (Å²) in [5.74, 6) is 0.529. The molecular formula is C18H17N3O4S. The van der Waals surface area contributed by atoms with E-state index in [2.05, 4.69) is 15.5 Å². The first-order valence-corrected chi connectivity index (χ1v) is 8.51. The number of anilines is 1. The van der Waals surface area contributed by atoms with E-state index >= 15 is 0 Å². The van der Waals surface area contributed by atoms with E-state index in [4.69, 9.17) is 14.2 Å². The predicted octanol–water partition coefficient (Wildman–Crippen LogP) is 3.68. The smallest absolute Gasteiger partial charge is 0.308 e. The van der Waals surface area contributed by atoms with E-state index in [9.17, 15) is 4.79 Å². The van der Waals surface area contributed by atoms with Crippen LogP contribution in [0.15, 0.2) is 41.5 Å². The van der Waals surface area contributed by atoms with Gasteiger partial charge in [0.15, 0.2) is 11.5 Å². The van der Waals surface area contributed by atoms with Crippen LogP contribution in [0, 0.1) is 0 Å². The lowest BCUT2D eigenvalue weighted by Crippen LogP contribution is -2.05. The van der Waals surface area contributed by atoms with Crippen LogP contribution in [0.1, 0.15) is 12.5 Å². The van der Waals surface area contributed by atoms with E-state index in [0.29, 0.717) is 22.2 Å². The summed E-state index contributed by atoms with van der Waals surface area (Å²) < 4.78 is 16.8. The summed E-state index contributed by atoms with van der Waals surface area (Å²) in [7, 11) is 2.98. The van der Waals surface area contributed by atoms with Crippen molar-refractivity contribution in [3.8, 4) is 17.2 Å². The van der Waals surface area contributed by atoms with Crippen molar-refractivity contribution in [2.24, 2.45) is 5.10 Å². The first-order valence-electron chi connectivity index (χ1n) is 7.70. The minimum absolute atomic E-state index is 0.235. The van der Waals surface area contributed by atoms with Gasteiger partial charge in [-0.15, -0.1) is 0 Å². The van der Waals surface area contributed by atoms with Crippen LogP contribution in [-0.2, 0) is 4.79 Å². The monoisotopic (exact) mass is 371 g/mol. The highest BCUT2D eigenvalue weighted by Gasteiger charge is 2.15. The van der Waals surface area contributed by atoms with Gasteiger partial charge in [0.05, 0.1) is 30.7 Å². The molecule has 134 valence electrons. The summed E-state index contributed by atoms with van der Waals surface area (Å²) >= 11 is 1.51. The van der Waals surface area contributed by atoms with Gasteiger partial charge in [-0.05, 0) is 24.3 Å². The fraction of sp³-hybridized carbons (Fsp3) is 0.167. The molecule has 0 amide bonds. The van der Waals surface area contributed by atoms with Crippen molar-refractivity contribution >= 4 is 38.9 Å². The summed E-state index contributed by atoms with van der Waals surface area (Å²) in [6, 6.07) is 11.3. The number of nitrogens with zero attached hydrogens (tertiary/aromatic N) is 2. The molecule has 0 radical (unpaired) electrons. The Morgan fingerprint density at radius 2 is 1.88 bits per heavy atom. The number of nitrogens with one attached hydrogen (secondary N) is 1. The molecule has 0 unspecified atom stereocenters. The van der Waals surface area contributed by atoms with Gasteiger partial charge in [0, 0.05) is 12.5 Å². The van der Waals surface area contributed by atoms with Crippen LogP contribution >= 0.6 is 11.3 Å². The Morgan fingerprint density at radius 3 is 2.50 bits per heavy atom. The molecule has 1 heterocycles. The lowest BCUT2D eigenvalue weighted by molar-refractivity contribution is -0.132. The van der Waals surface area contributed by atoms with Crippen LogP contribution in [0.2, 0.25) is 0 Å². The van der Waals surface area contributed by atoms with E-state index in [-0.39, 0.29) is 5.75 Å². The van der Waals surface area contributed by atoms with Crippen LogP contribution in [0.4, 0.5) is 5.13 Å². The number of hydrazone groups is 1. The van der Waals surface area contributed by atoms with Crippen molar-refractivity contribution in [1.82, 2.24) is 4.98 Å². The predicted molar refractivity (Wildman–Crippen MR) is 102 cm³/mol. The van der Waals surface area contributed by atoms with Gasteiger partial charge in [-0.1, -0.05) is 23.5 Å². The number of carbonyl (C=O) groups is 1. The first-order chi connectivity index (χ1) is 12.6. The van der Waals surface area contributed by atoms with Crippen molar-refractivity contribution in [2.75, 3.05) is 19.6 Å². The molecule has 8 heteroatoms. The maximum atomic E-state index is 11.3. The Labute approximate surface area is 154 Å². The summed E-state index contributed by atoms with van der Waals surface area (Å²) in [5.41, 5.74) is 4.55. The van der Waals surface area contributed by atoms with E-state index in [1.807, 2.05) is 24.3 Å². The van der Waals surface area contributed by atoms with Gasteiger partial charge in [0.25, 0.3) is 0 Å². The molecule has 0 bridgehead atoms. The Kier molecular flexibility index (Phi) is 5.33. The second-order valence-corrected chi connectivity index (χ2v) is 6.24. The lowest BCUT2D eigenvalue weighted by Gasteiger charge is -2.13. The molecule has 1 aromatic heterocycles. The molecule has 0 aliphatic carbocycles. The lowest BCUT2D eigenvalue weighted by atomic mass is 10.2. The molecule has 1 N–H and O–H groups in total. The molecule has 2 aromatic carbocycles. The van der Waals surface area contributed by atoms with E-state index < -0.39 is 5.97 Å². The molecule has 3 aromatic rings. The topological polar surface area (TPSA) is 82.0 Å². The number of para-hydroxylation sites is 1. The average molecular weight is 371 g/mol. The van der Waals surface area contributed by atoms with Crippen LogP contribution in [0.3, 0.4) is 0 Å². The number of aromatic nitrogens is 1. The third-order valence-electron chi connectivity index (χ3n) is 3.40. The summed E-state index contributed by atoms with van der Waals surface area (Å²) in [4.78, 5) is 15.7. The van der Waals surface area contributed by atoms with Crippen molar-refractivity contribution in [3.05, 3.63) is 42.0 Å². The number of hydrogen-bond acceptors (Lipinski definition) is 8. The van der Waals surface area contributed by atoms with Crippen molar-refractivity contribution < 1.29 is 19.0 Å². The highest BCUT2D eigenvalue weighted by atomic mass is 32.1. The fourth-order valence-electron chi connectivity index (χ4n) is 2.30. The summed E-state index contributed by atoms with van der Waals surface area (Å²) in [6.07, 6.45) is 1.61. The quantitative estimate of drug-likeness (QED) is 0.308. The van der Waals surface area contributed by atoms with E-state index in [0.717, 1.165) is 10.2 Å². The molecule has 7 nitrogen and oxygen atoms in total. The maximum absolute atomic E-state index is 11.3. The molecule has 0 atom stereocenters. The molecule has 26 heavy (non-hydrogen) atoms. The Bertz CT molecular complexity index is 910. The van der Waals surface area contributed by atoms with Crippen LogP contribution in [0.25, 0.3) is 10.2 Å². The number of hydrogen-bond donors (Lipinski definition) is 1. The van der Waals surface area contributed by atoms with Crippen molar-refractivity contribution in [2.45, 2.75) is 6.92 Å². The Hall–Kier alpha value is -3.13. The minimum Gasteiger partial charge on any atom is -0.493 e. The molecule has 0 saturated heterocycles. The third kappa shape index (κ3) is 3.92. The second-order valence-electron chi connectivity index (χ2n) is 5.20. The number of esters is 1. The highest BCUT2D eigenvalue weighted by molar-refractivity contribution is 7.22. The van der Waals surface area contributed by atoms with Gasteiger partial charge in [-0.25, -0.2) is 4.98 Å². The normalized spacial score (nSPS) is 10.9. The number of carbonyl (C=O) groups excluding carboxylic acids is 1. The molecule has 0 saturated carbocycles. The summed E-state index contributed by atoms with van der Waals surface area (Å²) in [6.45, 7) is 1.32. The molecular weight excluding hydrogens is 354 g/mol. The SMILES string of the molecule is COc1cc(C=NNc2nc3ccccc3s2)cc(OC)c1OC(C)=O. The average Bonchev–Trinajstić information content (AvgIpc) is 3.04. The van der Waals surface area contributed by atoms with Crippen LogP contribution in [0.5, 0.6) is 17.2 Å². The number of benzene rings is 2. The number of thiazole rings is 1. The molecule has 0 aliphatic heterocycles. The molecule has 0 spiro atoms. The third-order valence-corrected chi connectivity index (χ3v) is 4.34. The van der Waals surface area contributed by atoms with Gasteiger partial charge < -0.3 is 14.2 Å². The largest absolute Gasteiger partial charge is 0.493 e. The van der Waals surface area contributed by atoms with Crippen LogP contribution < -0.4 is 19.6 Å². The zero-order valence-corrected chi connectivity index (χ0v) is 15.3. The number of methoxy groups -OCH3 is 2. The highest BCUT2D eigenvalue weighted by Crippen LogP contribution is 2.38. The van der Waals surface area contributed by atoms with Gasteiger partial charge in [-0.3, -0.25) is 10.2 Å². The standard InChI is InChI=1S/C18H17N3O4S/c1-11(22)25-17-14(23-2)8-12(9-15(17)24-3)10-19-21-18-20-13-6-4-5-7-16(13)26-18/h4-10H,1-3H3,(H,20,21). The van der Waals surface area contributed by atoms with E-state index in [1.165, 1.54) is 32.5 Å². The maximum Gasteiger partial charge on any atom is 0.308 e. The molecule has 0 aliphatic rings. The first kappa shape index (κ1) is 17.7. The zero-order valence-electron chi connectivity index (χ0n) is 14.5. The van der Waals surface area contributed by atoms with Gasteiger partial charge in [0.2, 0.25) is 10.9 Å². The number of fused-ring (bicyclic) bond motifs is 1. The molecule has 0 fully saturated rings. The van der Waals surface area contributed by atoms with Gasteiger partial charge in [-0.2, -0.15) is 5.10 Å². The van der Waals surface area contributed by atoms with Crippen molar-refractivity contribution in [3.63, 3.8) is 0 Å². The Morgan fingerprint density at radius 1 is 1.19 bits per heavy atom. The number of rotatable bonds is 6. The Balaban J connectivity index is 1.82. The fourth-order valence-corrected chi connectivity index (χ4v) is 3.12. The molecule has 3 rings (SSSR count). The van der Waals surface area contributed by atoms with Crippen molar-refractivity contribution in [1.29, 1.82) is 0 Å². The van der Waals surface area contributed by atoms with Gasteiger partial charge in [0.1, 0.15) is 0 Å². The second kappa shape index (κ2) is 7.83. The zero-order chi connectivity index (χ0) is 18.5. The number of ether oxygens (including phenoxy) is 3. The minimum atomic E-state index is -0.458.